The highest BCUT2D eigenvalue weighted by molar-refractivity contribution is 6.51. The van der Waals surface area contributed by atoms with Gasteiger partial charge in [0.2, 0.25) is 5.95 Å². The van der Waals surface area contributed by atoms with E-state index in [-0.39, 0.29) is 34.1 Å². The number of carboxylic acids is 1. The lowest BCUT2D eigenvalue weighted by atomic mass is 9.95. The Kier molecular flexibility index (Phi) is 5.59. The number of carboxylic acid groups (broad SMARTS) is 1. The molecule has 0 saturated carbocycles. The molecule has 1 saturated heterocycles. The number of carbonyl (C=O) groups excluding carboxylic acids is 2. The van der Waals surface area contributed by atoms with Gasteiger partial charge in [0.05, 0.1) is 40.9 Å². The Morgan fingerprint density at radius 3 is 2.46 bits per heavy atom. The molecule has 1 aromatic heterocycles. The van der Waals surface area contributed by atoms with E-state index in [4.69, 9.17) is 4.74 Å². The van der Waals surface area contributed by atoms with Gasteiger partial charge in [0, 0.05) is 0 Å². The largest absolute Gasteiger partial charge is 0.508 e. The third-order valence-corrected chi connectivity index (χ3v) is 6.01. The summed E-state index contributed by atoms with van der Waals surface area (Å²) < 4.78 is 19.3. The fraction of sp³-hybridized carbons (Fsp3) is 0.0769. The highest BCUT2D eigenvalue weighted by Crippen LogP contribution is 2.43. The van der Waals surface area contributed by atoms with Gasteiger partial charge in [-0.3, -0.25) is 14.5 Å². The number of halogens is 1. The number of imidazole rings is 1. The van der Waals surface area contributed by atoms with Crippen molar-refractivity contribution < 1.29 is 38.8 Å². The molecule has 1 atom stereocenters. The molecule has 0 aliphatic carbocycles. The number of benzene rings is 3. The van der Waals surface area contributed by atoms with Crippen molar-refractivity contribution in [2.75, 3.05) is 12.0 Å². The number of fused-ring (bicyclic) bond motifs is 1. The molecule has 5 rings (SSSR count). The van der Waals surface area contributed by atoms with E-state index in [0.717, 1.165) is 17.0 Å². The number of aromatic hydroxyl groups is 1. The van der Waals surface area contributed by atoms with Gasteiger partial charge in [-0.1, -0.05) is 12.1 Å². The predicted molar refractivity (Wildman–Crippen MR) is 129 cm³/mol. The number of ketones is 1. The minimum absolute atomic E-state index is 0.0157. The SMILES string of the molecule is COc1ccc(F)cc1/C(O)=C1\C(=O)C(=O)N(c2nc3ccc(C(=O)O)cc3[nH]2)C1c1ccc(O)cc1. The number of hydrogen-bond donors (Lipinski definition) is 4. The maximum absolute atomic E-state index is 14.1. The van der Waals surface area contributed by atoms with Crippen LogP contribution in [0.25, 0.3) is 16.8 Å². The standard InChI is InChI=1S/C26H18FN3O7/c1-37-19-9-5-14(27)11-16(19)22(32)20-21(12-2-6-15(31)7-3-12)30(24(34)23(20)33)26-28-17-8-4-13(25(35)36)10-18(17)29-26/h2-11,21,31-32H,1H3,(H,28,29)(H,35,36)/b22-20+. The molecule has 10 nitrogen and oxygen atoms in total. The zero-order valence-electron chi connectivity index (χ0n) is 19.1. The molecule has 1 amide bonds. The minimum Gasteiger partial charge on any atom is -0.508 e. The lowest BCUT2D eigenvalue weighted by molar-refractivity contribution is -0.132. The average molecular weight is 503 g/mol. The molecule has 1 fully saturated rings. The molecule has 2 heterocycles. The van der Waals surface area contributed by atoms with Gasteiger partial charge in [-0.25, -0.2) is 14.2 Å². The Morgan fingerprint density at radius 1 is 1.05 bits per heavy atom. The predicted octanol–water partition coefficient (Wildman–Crippen LogP) is 3.74. The second-order valence-electron chi connectivity index (χ2n) is 8.20. The first-order chi connectivity index (χ1) is 17.7. The molecule has 4 N–H and O–H groups in total. The van der Waals surface area contributed by atoms with Crippen LogP contribution < -0.4 is 9.64 Å². The third-order valence-electron chi connectivity index (χ3n) is 6.01. The number of nitrogens with one attached hydrogen (secondary N) is 1. The summed E-state index contributed by atoms with van der Waals surface area (Å²) in [5.41, 5.74) is 0.455. The molecule has 1 unspecified atom stereocenters. The minimum atomic E-state index is -1.23. The molecule has 1 aliphatic rings. The van der Waals surface area contributed by atoms with Gasteiger partial charge in [0.25, 0.3) is 5.78 Å². The van der Waals surface area contributed by atoms with Crippen LogP contribution in [0.1, 0.15) is 27.5 Å². The normalized spacial score (nSPS) is 16.9. The van der Waals surface area contributed by atoms with E-state index >= 15 is 0 Å². The van der Waals surface area contributed by atoms with Crippen molar-refractivity contribution in [3.63, 3.8) is 0 Å². The van der Waals surface area contributed by atoms with Crippen molar-refractivity contribution in [1.29, 1.82) is 0 Å². The molecule has 0 radical (unpaired) electrons. The number of aliphatic hydroxyl groups is 1. The van der Waals surface area contributed by atoms with Crippen molar-refractivity contribution in [1.82, 2.24) is 9.97 Å². The molecular weight excluding hydrogens is 485 g/mol. The number of methoxy groups -OCH3 is 1. The number of amides is 1. The molecule has 3 aromatic carbocycles. The summed E-state index contributed by atoms with van der Waals surface area (Å²) in [5.74, 6) is -4.71. The van der Waals surface area contributed by atoms with Crippen molar-refractivity contribution in [2.45, 2.75) is 6.04 Å². The van der Waals surface area contributed by atoms with Crippen LogP contribution in [0.4, 0.5) is 10.3 Å². The second kappa shape index (κ2) is 8.79. The molecule has 4 aromatic rings. The summed E-state index contributed by atoms with van der Waals surface area (Å²) >= 11 is 0. The molecule has 37 heavy (non-hydrogen) atoms. The number of hydrogen-bond acceptors (Lipinski definition) is 7. The van der Waals surface area contributed by atoms with Gasteiger partial charge in [0.15, 0.2) is 0 Å². The van der Waals surface area contributed by atoms with E-state index in [1.807, 2.05) is 0 Å². The van der Waals surface area contributed by atoms with Gasteiger partial charge in [-0.05, 0) is 54.1 Å². The van der Waals surface area contributed by atoms with Crippen molar-refractivity contribution >= 4 is 40.4 Å². The number of aromatic nitrogens is 2. The smallest absolute Gasteiger partial charge is 0.335 e. The number of aromatic carboxylic acids is 1. The van der Waals surface area contributed by atoms with Crippen LogP contribution in [0.5, 0.6) is 11.5 Å². The molecule has 1 aliphatic heterocycles. The highest BCUT2D eigenvalue weighted by atomic mass is 19.1. The fourth-order valence-corrected chi connectivity index (χ4v) is 4.28. The zero-order valence-corrected chi connectivity index (χ0v) is 19.1. The van der Waals surface area contributed by atoms with Crippen LogP contribution in [0.15, 0.2) is 66.2 Å². The van der Waals surface area contributed by atoms with E-state index in [2.05, 4.69) is 9.97 Å². The van der Waals surface area contributed by atoms with E-state index in [1.165, 1.54) is 55.6 Å². The quantitative estimate of drug-likeness (QED) is 0.183. The van der Waals surface area contributed by atoms with Crippen LogP contribution in [0, 0.1) is 5.82 Å². The van der Waals surface area contributed by atoms with Gasteiger partial charge in [0.1, 0.15) is 23.1 Å². The lowest BCUT2D eigenvalue weighted by Crippen LogP contribution is -2.30. The number of carbonyl (C=O) groups is 3. The van der Waals surface area contributed by atoms with E-state index < -0.39 is 35.3 Å². The topological polar surface area (TPSA) is 153 Å². The summed E-state index contributed by atoms with van der Waals surface area (Å²) in [6.07, 6.45) is 0. The number of ether oxygens (including phenoxy) is 1. The van der Waals surface area contributed by atoms with Crippen LogP contribution in [0.3, 0.4) is 0 Å². The number of Topliss-reactive ketones (excluding diaryl/α,β-unsaturated/α-hetero) is 1. The Bertz CT molecular complexity index is 1630. The van der Waals surface area contributed by atoms with Crippen LogP contribution in [-0.2, 0) is 9.59 Å². The first-order valence-corrected chi connectivity index (χ1v) is 10.9. The molecule has 11 heteroatoms. The monoisotopic (exact) mass is 503 g/mol. The maximum Gasteiger partial charge on any atom is 0.335 e. The van der Waals surface area contributed by atoms with Gasteiger partial charge in [-0.2, -0.15) is 0 Å². The molecule has 0 bridgehead atoms. The number of H-pyrrole nitrogens is 1. The number of nitrogens with zero attached hydrogens (tertiary/aromatic N) is 2. The van der Waals surface area contributed by atoms with Crippen molar-refractivity contribution in [3.8, 4) is 11.5 Å². The Balaban J connectivity index is 1.74. The van der Waals surface area contributed by atoms with E-state index in [9.17, 15) is 34.1 Å². The molecule has 186 valence electrons. The van der Waals surface area contributed by atoms with Crippen molar-refractivity contribution in [2.24, 2.45) is 0 Å². The number of aromatic amines is 1. The van der Waals surface area contributed by atoms with Gasteiger partial charge in [-0.15, -0.1) is 0 Å². The second-order valence-corrected chi connectivity index (χ2v) is 8.20. The number of anilines is 1. The number of phenols is 1. The Hall–Kier alpha value is -5.19. The first-order valence-electron chi connectivity index (χ1n) is 10.9. The van der Waals surface area contributed by atoms with E-state index in [1.54, 1.807) is 0 Å². The Labute approximate surface area is 207 Å². The number of aliphatic hydroxyl groups excluding tert-OH is 1. The summed E-state index contributed by atoms with van der Waals surface area (Å²) in [6, 6.07) is 11.9. The molecule has 0 spiro atoms. The van der Waals surface area contributed by atoms with Crippen LogP contribution >= 0.6 is 0 Å². The third kappa shape index (κ3) is 3.92. The van der Waals surface area contributed by atoms with Gasteiger partial charge < -0.3 is 25.0 Å². The van der Waals surface area contributed by atoms with Crippen molar-refractivity contribution in [3.05, 3.63) is 88.7 Å². The lowest BCUT2D eigenvalue weighted by Gasteiger charge is -2.23. The number of phenolic OH excluding ortho intramolecular Hbond substituents is 1. The summed E-state index contributed by atoms with van der Waals surface area (Å²) in [4.78, 5) is 46.2. The van der Waals surface area contributed by atoms with E-state index in [0.29, 0.717) is 16.6 Å². The number of rotatable bonds is 5. The van der Waals surface area contributed by atoms with Crippen LogP contribution in [0.2, 0.25) is 0 Å². The zero-order chi connectivity index (χ0) is 26.4. The fourth-order valence-electron chi connectivity index (χ4n) is 4.28. The molecular formula is C26H18FN3O7. The summed E-state index contributed by atoms with van der Waals surface area (Å²) in [6.45, 7) is 0. The maximum atomic E-state index is 14.1. The van der Waals surface area contributed by atoms with Gasteiger partial charge >= 0.3 is 11.9 Å². The Morgan fingerprint density at radius 2 is 1.78 bits per heavy atom. The summed E-state index contributed by atoms with van der Waals surface area (Å²) in [7, 11) is 1.31. The summed E-state index contributed by atoms with van der Waals surface area (Å²) in [5, 5.41) is 30.3. The van der Waals surface area contributed by atoms with Crippen LogP contribution in [-0.4, -0.2) is 50.1 Å². The highest BCUT2D eigenvalue weighted by Gasteiger charge is 2.48. The average Bonchev–Trinajstić information content (AvgIpc) is 3.41. The first kappa shape index (κ1) is 23.5.